The van der Waals surface area contributed by atoms with E-state index in [0.29, 0.717) is 6.61 Å². The molecule has 1 aromatic heterocycles. The summed E-state index contributed by atoms with van der Waals surface area (Å²) in [6, 6.07) is 0. The van der Waals surface area contributed by atoms with Crippen LogP contribution >= 0.6 is 11.6 Å². The van der Waals surface area contributed by atoms with Gasteiger partial charge in [0.25, 0.3) is 0 Å². The van der Waals surface area contributed by atoms with Crippen LogP contribution in [0.2, 0.25) is 5.15 Å². The zero-order chi connectivity index (χ0) is 12.1. The molecular weight excluding hydrogens is 230 g/mol. The van der Waals surface area contributed by atoms with Crippen molar-refractivity contribution in [1.82, 2.24) is 9.97 Å². The lowest BCUT2D eigenvalue weighted by atomic mass is 10.4. The number of aromatic nitrogens is 2. The maximum absolute atomic E-state index is 7.62. The summed E-state index contributed by atoms with van der Waals surface area (Å²) in [5.74, 6) is 0.360. The van der Waals surface area contributed by atoms with Crippen LogP contribution in [0.5, 0.6) is 0 Å². The van der Waals surface area contributed by atoms with Gasteiger partial charge in [0.15, 0.2) is 11.5 Å². The number of nitrogens with zero attached hydrogens (tertiary/aromatic N) is 2. The third-order valence-corrected chi connectivity index (χ3v) is 1.71. The molecule has 0 aliphatic carbocycles. The number of ether oxygens (including phenoxy) is 1. The van der Waals surface area contributed by atoms with E-state index in [2.05, 4.69) is 21.9 Å². The lowest BCUT2D eigenvalue weighted by Gasteiger charge is -2.10. The average molecular weight is 242 g/mol. The van der Waals surface area contributed by atoms with E-state index in [1.54, 1.807) is 6.92 Å². The number of halogens is 1. The Morgan fingerprint density at radius 2 is 2.44 bits per heavy atom. The molecule has 16 heavy (non-hydrogen) atoms. The van der Waals surface area contributed by atoms with E-state index in [1.807, 2.05) is 0 Å². The summed E-state index contributed by atoms with van der Waals surface area (Å²) in [7, 11) is 0. The second-order valence-corrected chi connectivity index (χ2v) is 3.19. The van der Waals surface area contributed by atoms with Gasteiger partial charge in [-0.3, -0.25) is 5.41 Å². The minimum Gasteiger partial charge on any atom is -0.477 e. The fraction of sp³-hybridized carbons (Fsp3) is 0.222. The van der Waals surface area contributed by atoms with Gasteiger partial charge in [0, 0.05) is 0 Å². The molecule has 0 saturated carbocycles. The Labute approximate surface area is 98.0 Å². The third-order valence-electron chi connectivity index (χ3n) is 1.53. The normalized spacial score (nSPS) is 9.62. The molecule has 0 fully saturated rings. The molecule has 0 unspecified atom stereocenters. The quantitative estimate of drug-likeness (QED) is 0.546. The molecule has 1 heterocycles. The van der Waals surface area contributed by atoms with Crippen molar-refractivity contribution in [3.8, 4) is 0 Å². The molecule has 0 amide bonds. The lowest BCUT2D eigenvalue weighted by molar-refractivity contribution is 0.324. The van der Waals surface area contributed by atoms with Gasteiger partial charge < -0.3 is 15.8 Å². The average Bonchev–Trinajstić information content (AvgIpc) is 2.20. The molecule has 0 bridgehead atoms. The van der Waals surface area contributed by atoms with Crippen molar-refractivity contribution in [3.63, 3.8) is 0 Å². The Hall–Kier alpha value is -1.82. The second kappa shape index (κ2) is 5.32. The first-order chi connectivity index (χ1) is 7.54. The summed E-state index contributed by atoms with van der Waals surface area (Å²) in [6.45, 7) is 5.60. The van der Waals surface area contributed by atoms with Crippen molar-refractivity contribution in [2.24, 2.45) is 5.73 Å². The lowest BCUT2D eigenvalue weighted by Crippen LogP contribution is -2.15. The monoisotopic (exact) mass is 241 g/mol. The summed E-state index contributed by atoms with van der Waals surface area (Å²) in [5, 5.41) is 10.5. The van der Waals surface area contributed by atoms with Crippen LogP contribution in [-0.4, -0.2) is 22.5 Å². The van der Waals surface area contributed by atoms with E-state index >= 15 is 0 Å². The number of nitrogens with two attached hydrogens (primary N) is 1. The number of rotatable bonds is 4. The van der Waals surface area contributed by atoms with Gasteiger partial charge in [-0.2, -0.15) is 0 Å². The molecule has 0 aliphatic heterocycles. The smallest absolute Gasteiger partial charge is 0.236 e. The first-order valence-corrected chi connectivity index (χ1v) is 4.88. The molecule has 0 aliphatic rings. The van der Waals surface area contributed by atoms with Crippen molar-refractivity contribution in [3.05, 3.63) is 29.4 Å². The van der Waals surface area contributed by atoms with Crippen LogP contribution in [0, 0.1) is 5.41 Å². The molecule has 0 spiro atoms. The Balaban J connectivity index is 3.07. The van der Waals surface area contributed by atoms with Crippen molar-refractivity contribution >= 4 is 23.3 Å². The van der Waals surface area contributed by atoms with Crippen LogP contribution in [-0.2, 0) is 4.74 Å². The van der Waals surface area contributed by atoms with Crippen LogP contribution < -0.4 is 11.1 Å². The molecule has 86 valence electrons. The SMILES string of the molecule is C=C(N)Nc1ncc(Cl)nc1C(=N)OCC. The number of hydrogen-bond donors (Lipinski definition) is 3. The van der Waals surface area contributed by atoms with Gasteiger partial charge >= 0.3 is 0 Å². The highest BCUT2D eigenvalue weighted by atomic mass is 35.5. The van der Waals surface area contributed by atoms with Crippen LogP contribution in [0.15, 0.2) is 18.6 Å². The second-order valence-electron chi connectivity index (χ2n) is 2.80. The molecule has 0 saturated heterocycles. The Morgan fingerprint density at radius 1 is 1.75 bits per heavy atom. The molecule has 0 aromatic carbocycles. The van der Waals surface area contributed by atoms with Gasteiger partial charge in [-0.05, 0) is 6.92 Å². The van der Waals surface area contributed by atoms with Gasteiger partial charge in [-0.25, -0.2) is 9.97 Å². The highest BCUT2D eigenvalue weighted by Crippen LogP contribution is 2.14. The predicted molar refractivity (Wildman–Crippen MR) is 62.4 cm³/mol. The van der Waals surface area contributed by atoms with Crippen molar-refractivity contribution in [2.75, 3.05) is 11.9 Å². The van der Waals surface area contributed by atoms with Crippen LogP contribution in [0.3, 0.4) is 0 Å². The Bertz CT molecular complexity index is 420. The largest absolute Gasteiger partial charge is 0.477 e. The number of anilines is 1. The third kappa shape index (κ3) is 3.09. The molecule has 4 N–H and O–H groups in total. The number of nitrogens with one attached hydrogen (secondary N) is 2. The summed E-state index contributed by atoms with van der Waals surface area (Å²) in [5.41, 5.74) is 5.58. The zero-order valence-electron chi connectivity index (χ0n) is 8.75. The molecule has 6 nitrogen and oxygen atoms in total. The standard InChI is InChI=1S/C9H12ClN5O/c1-3-16-8(12)7-9(14-5(2)11)13-4-6(10)15-7/h4,12H,2-3,11H2,1H3,(H,13,14). The predicted octanol–water partition coefficient (Wildman–Crippen LogP) is 1.33. The van der Waals surface area contributed by atoms with Crippen molar-refractivity contribution < 1.29 is 4.74 Å². The van der Waals surface area contributed by atoms with Crippen LogP contribution in [0.1, 0.15) is 12.6 Å². The van der Waals surface area contributed by atoms with Crippen molar-refractivity contribution in [2.45, 2.75) is 6.92 Å². The van der Waals surface area contributed by atoms with E-state index in [0.717, 1.165) is 0 Å². The van der Waals surface area contributed by atoms with E-state index in [-0.39, 0.29) is 28.4 Å². The van der Waals surface area contributed by atoms with E-state index in [9.17, 15) is 0 Å². The summed E-state index contributed by atoms with van der Waals surface area (Å²) < 4.78 is 5.02. The Kier molecular flexibility index (Phi) is 4.07. The van der Waals surface area contributed by atoms with E-state index in [1.165, 1.54) is 6.20 Å². The summed E-state index contributed by atoms with van der Waals surface area (Å²) in [4.78, 5) is 7.89. The fourth-order valence-corrected chi connectivity index (χ4v) is 1.12. The molecule has 1 rings (SSSR count). The maximum Gasteiger partial charge on any atom is 0.236 e. The number of hydrogen-bond acceptors (Lipinski definition) is 6. The van der Waals surface area contributed by atoms with Crippen molar-refractivity contribution in [1.29, 1.82) is 5.41 Å². The Morgan fingerprint density at radius 3 is 3.00 bits per heavy atom. The minimum absolute atomic E-state index is 0.124. The highest BCUT2D eigenvalue weighted by Gasteiger charge is 2.13. The first kappa shape index (κ1) is 12.3. The first-order valence-electron chi connectivity index (χ1n) is 4.50. The molecule has 1 aromatic rings. The molecule has 7 heteroatoms. The van der Waals surface area contributed by atoms with E-state index in [4.69, 9.17) is 27.5 Å². The molecular formula is C9H12ClN5O. The van der Waals surface area contributed by atoms with Crippen LogP contribution in [0.4, 0.5) is 5.82 Å². The minimum atomic E-state index is -0.124. The fourth-order valence-electron chi connectivity index (χ4n) is 0.982. The van der Waals surface area contributed by atoms with Gasteiger partial charge in [0.05, 0.1) is 18.6 Å². The summed E-state index contributed by atoms with van der Waals surface area (Å²) in [6.07, 6.45) is 1.34. The van der Waals surface area contributed by atoms with Gasteiger partial charge in [-0.15, -0.1) is 0 Å². The van der Waals surface area contributed by atoms with Gasteiger partial charge in [-0.1, -0.05) is 18.2 Å². The molecule has 0 atom stereocenters. The summed E-state index contributed by atoms with van der Waals surface area (Å²) >= 11 is 5.69. The zero-order valence-corrected chi connectivity index (χ0v) is 9.51. The van der Waals surface area contributed by atoms with Gasteiger partial charge in [0.2, 0.25) is 5.90 Å². The maximum atomic E-state index is 7.62. The topological polar surface area (TPSA) is 96.9 Å². The highest BCUT2D eigenvalue weighted by molar-refractivity contribution is 6.29. The van der Waals surface area contributed by atoms with Crippen LogP contribution in [0.25, 0.3) is 0 Å². The molecule has 0 radical (unpaired) electrons. The van der Waals surface area contributed by atoms with Gasteiger partial charge in [0.1, 0.15) is 5.15 Å². The van der Waals surface area contributed by atoms with E-state index < -0.39 is 0 Å².